The molecule has 0 aromatic carbocycles. The molecular weight excluding hydrogens is 214 g/mol. The summed E-state index contributed by atoms with van der Waals surface area (Å²) in [5, 5.41) is 12.1. The monoisotopic (exact) mass is 241 g/mol. The van der Waals surface area contributed by atoms with Gasteiger partial charge in [-0.05, 0) is 30.1 Å². The highest BCUT2D eigenvalue weighted by molar-refractivity contribution is 5.46. The molecule has 0 aromatic heterocycles. The summed E-state index contributed by atoms with van der Waals surface area (Å²) in [7, 11) is 0. The van der Waals surface area contributed by atoms with Crippen molar-refractivity contribution in [2.24, 2.45) is 17.3 Å². The van der Waals surface area contributed by atoms with Crippen LogP contribution in [0.25, 0.3) is 0 Å². The van der Waals surface area contributed by atoms with Gasteiger partial charge >= 0.3 is 0 Å². The van der Waals surface area contributed by atoms with Crippen molar-refractivity contribution in [3.05, 3.63) is 0 Å². The van der Waals surface area contributed by atoms with Crippen molar-refractivity contribution < 1.29 is 9.90 Å². The smallest absolute Gasteiger partial charge is 0.207 e. The second kappa shape index (κ2) is 6.39. The molecule has 3 unspecified atom stereocenters. The van der Waals surface area contributed by atoms with Gasteiger partial charge in [0, 0.05) is 0 Å². The number of hydrogen-bond donors (Lipinski definition) is 2. The second-order valence-corrected chi connectivity index (χ2v) is 6.35. The minimum Gasteiger partial charge on any atom is -0.394 e. The molecule has 1 aliphatic carbocycles. The largest absolute Gasteiger partial charge is 0.394 e. The number of nitrogens with one attached hydrogen (secondary N) is 1. The fourth-order valence-corrected chi connectivity index (χ4v) is 3.24. The lowest BCUT2D eigenvalue weighted by Crippen LogP contribution is -2.45. The molecular formula is C14H27NO2. The van der Waals surface area contributed by atoms with Crippen LogP contribution in [0.15, 0.2) is 0 Å². The highest BCUT2D eigenvalue weighted by atomic mass is 16.3. The normalized spacial score (nSPS) is 27.5. The molecule has 0 spiro atoms. The van der Waals surface area contributed by atoms with Gasteiger partial charge in [0.05, 0.1) is 12.6 Å². The summed E-state index contributed by atoms with van der Waals surface area (Å²) in [5.74, 6) is 1.58. The quantitative estimate of drug-likeness (QED) is 0.701. The first-order valence-electron chi connectivity index (χ1n) is 6.80. The first-order valence-corrected chi connectivity index (χ1v) is 6.80. The zero-order valence-corrected chi connectivity index (χ0v) is 11.4. The van der Waals surface area contributed by atoms with E-state index in [2.05, 4.69) is 26.1 Å². The van der Waals surface area contributed by atoms with Gasteiger partial charge in [0.1, 0.15) is 0 Å². The molecule has 1 fully saturated rings. The van der Waals surface area contributed by atoms with E-state index in [-0.39, 0.29) is 18.1 Å². The molecule has 1 rings (SSSR count). The Morgan fingerprint density at radius 1 is 1.47 bits per heavy atom. The molecule has 0 aromatic rings. The molecule has 1 saturated carbocycles. The average Bonchev–Trinajstić information content (AvgIpc) is 2.24. The predicted octanol–water partition coefficient (Wildman–Crippen LogP) is 2.34. The molecule has 100 valence electrons. The van der Waals surface area contributed by atoms with E-state index in [9.17, 15) is 9.90 Å². The summed E-state index contributed by atoms with van der Waals surface area (Å²) in [6.07, 6.45) is 7.06. The highest BCUT2D eigenvalue weighted by Crippen LogP contribution is 2.38. The average molecular weight is 241 g/mol. The van der Waals surface area contributed by atoms with Crippen LogP contribution in [0.5, 0.6) is 0 Å². The van der Waals surface area contributed by atoms with Gasteiger partial charge in [-0.3, -0.25) is 4.79 Å². The first kappa shape index (κ1) is 14.5. The summed E-state index contributed by atoms with van der Waals surface area (Å²) in [6, 6.07) is -0.128. The SMILES string of the molecule is CC1CCCC(CC(C)(C)C(CO)NC=O)C1. The molecule has 17 heavy (non-hydrogen) atoms. The molecule has 0 saturated heterocycles. The van der Waals surface area contributed by atoms with Crippen molar-refractivity contribution in [1.29, 1.82) is 0 Å². The molecule has 0 heterocycles. The van der Waals surface area contributed by atoms with Gasteiger partial charge < -0.3 is 10.4 Å². The van der Waals surface area contributed by atoms with Crippen molar-refractivity contribution >= 4 is 6.41 Å². The molecule has 1 aliphatic rings. The highest BCUT2D eigenvalue weighted by Gasteiger charge is 2.32. The van der Waals surface area contributed by atoms with Gasteiger partial charge in [0.2, 0.25) is 6.41 Å². The molecule has 0 bridgehead atoms. The Bertz CT molecular complexity index is 240. The Hall–Kier alpha value is -0.570. The van der Waals surface area contributed by atoms with Gasteiger partial charge in [-0.2, -0.15) is 0 Å². The van der Waals surface area contributed by atoms with Crippen LogP contribution in [0.2, 0.25) is 0 Å². The third kappa shape index (κ3) is 4.30. The van der Waals surface area contributed by atoms with E-state index in [4.69, 9.17) is 0 Å². The molecule has 3 heteroatoms. The van der Waals surface area contributed by atoms with Gasteiger partial charge in [-0.1, -0.05) is 40.0 Å². The number of carbonyl (C=O) groups excluding carboxylic acids is 1. The third-order valence-electron chi connectivity index (χ3n) is 4.25. The van der Waals surface area contributed by atoms with Crippen LogP contribution in [-0.4, -0.2) is 24.2 Å². The lowest BCUT2D eigenvalue weighted by Gasteiger charge is -2.38. The Balaban J connectivity index is 2.53. The fraction of sp³-hybridized carbons (Fsp3) is 0.929. The predicted molar refractivity (Wildman–Crippen MR) is 69.6 cm³/mol. The molecule has 3 atom stereocenters. The van der Waals surface area contributed by atoms with E-state index in [1.165, 1.54) is 25.7 Å². The Kier molecular flexibility index (Phi) is 5.44. The van der Waals surface area contributed by atoms with Crippen LogP contribution in [0.1, 0.15) is 52.9 Å². The number of carbonyl (C=O) groups is 1. The van der Waals surface area contributed by atoms with Crippen molar-refractivity contribution in [2.75, 3.05) is 6.61 Å². The lowest BCUT2D eigenvalue weighted by atomic mass is 9.71. The summed E-state index contributed by atoms with van der Waals surface area (Å²) < 4.78 is 0. The van der Waals surface area contributed by atoms with Crippen LogP contribution in [0.4, 0.5) is 0 Å². The van der Waals surface area contributed by atoms with Crippen molar-refractivity contribution in [1.82, 2.24) is 5.32 Å². The maximum Gasteiger partial charge on any atom is 0.207 e. The van der Waals surface area contributed by atoms with Crippen LogP contribution < -0.4 is 5.32 Å². The van der Waals surface area contributed by atoms with Gasteiger partial charge in [-0.25, -0.2) is 0 Å². The number of rotatable bonds is 6. The second-order valence-electron chi connectivity index (χ2n) is 6.35. The molecule has 3 nitrogen and oxygen atoms in total. The Morgan fingerprint density at radius 2 is 2.18 bits per heavy atom. The minimum absolute atomic E-state index is 0.0218. The van der Waals surface area contributed by atoms with Gasteiger partial charge in [-0.15, -0.1) is 0 Å². The molecule has 2 N–H and O–H groups in total. The van der Waals surface area contributed by atoms with E-state index < -0.39 is 0 Å². The van der Waals surface area contributed by atoms with Crippen molar-refractivity contribution in [3.63, 3.8) is 0 Å². The lowest BCUT2D eigenvalue weighted by molar-refractivity contribution is -0.111. The standard InChI is InChI=1S/C14H27NO2/c1-11-5-4-6-12(7-11)8-14(2,3)13(9-16)15-10-17/h10-13,16H,4-9H2,1-3H3,(H,15,17). The Labute approximate surface area is 105 Å². The minimum atomic E-state index is -0.128. The first-order chi connectivity index (χ1) is 7.99. The summed E-state index contributed by atoms with van der Waals surface area (Å²) in [5.41, 5.74) is -0.0304. The van der Waals surface area contributed by atoms with Crippen LogP contribution >= 0.6 is 0 Å². The molecule has 0 aliphatic heterocycles. The number of hydrogen-bond acceptors (Lipinski definition) is 2. The zero-order chi connectivity index (χ0) is 12.9. The van der Waals surface area contributed by atoms with Crippen molar-refractivity contribution in [3.8, 4) is 0 Å². The van der Waals surface area contributed by atoms with E-state index in [1.807, 2.05) is 0 Å². The zero-order valence-electron chi connectivity index (χ0n) is 11.4. The van der Waals surface area contributed by atoms with Crippen LogP contribution in [0.3, 0.4) is 0 Å². The van der Waals surface area contributed by atoms with Gasteiger partial charge in [0.15, 0.2) is 0 Å². The number of aliphatic hydroxyl groups excluding tert-OH is 1. The number of aliphatic hydroxyl groups is 1. The van der Waals surface area contributed by atoms with E-state index in [0.29, 0.717) is 6.41 Å². The van der Waals surface area contributed by atoms with E-state index in [0.717, 1.165) is 18.3 Å². The van der Waals surface area contributed by atoms with Gasteiger partial charge in [0.25, 0.3) is 0 Å². The van der Waals surface area contributed by atoms with Crippen molar-refractivity contribution in [2.45, 2.75) is 58.9 Å². The third-order valence-corrected chi connectivity index (χ3v) is 4.25. The topological polar surface area (TPSA) is 49.3 Å². The van der Waals surface area contributed by atoms with Crippen LogP contribution in [-0.2, 0) is 4.79 Å². The van der Waals surface area contributed by atoms with Crippen LogP contribution in [0, 0.1) is 17.3 Å². The maximum atomic E-state index is 10.5. The molecule has 0 radical (unpaired) electrons. The van der Waals surface area contributed by atoms with E-state index >= 15 is 0 Å². The Morgan fingerprint density at radius 3 is 2.71 bits per heavy atom. The van der Waals surface area contributed by atoms with E-state index in [1.54, 1.807) is 0 Å². The number of amides is 1. The fourth-order valence-electron chi connectivity index (χ4n) is 3.24. The summed E-state index contributed by atoms with van der Waals surface area (Å²) in [6.45, 7) is 6.63. The summed E-state index contributed by atoms with van der Waals surface area (Å²) in [4.78, 5) is 10.5. The molecule has 1 amide bonds. The summed E-state index contributed by atoms with van der Waals surface area (Å²) >= 11 is 0. The maximum absolute atomic E-state index is 10.5.